The van der Waals surface area contributed by atoms with Crippen LogP contribution in [0.2, 0.25) is 0 Å². The summed E-state index contributed by atoms with van der Waals surface area (Å²) >= 11 is 0. The first-order valence-electron chi connectivity index (χ1n) is 5.97. The van der Waals surface area contributed by atoms with Crippen molar-refractivity contribution in [2.45, 2.75) is 19.5 Å². The van der Waals surface area contributed by atoms with Gasteiger partial charge in [0.05, 0.1) is 6.54 Å². The quantitative estimate of drug-likeness (QED) is 0.820. The van der Waals surface area contributed by atoms with E-state index in [4.69, 9.17) is 10.00 Å². The smallest absolute Gasteiger partial charge is 0.174 e. The number of benzene rings is 1. The van der Waals surface area contributed by atoms with E-state index < -0.39 is 0 Å². The highest BCUT2D eigenvalue weighted by Crippen LogP contribution is 2.17. The van der Waals surface area contributed by atoms with Crippen LogP contribution in [-0.2, 0) is 6.54 Å². The van der Waals surface area contributed by atoms with E-state index in [2.05, 4.69) is 27.4 Å². The number of nitriles is 1. The predicted octanol–water partition coefficient (Wildman–Crippen LogP) is 1.56. The average Bonchev–Trinajstić information content (AvgIpc) is 2.96. The number of aromatic amines is 1. The number of hydrogen-bond donors (Lipinski definition) is 2. The van der Waals surface area contributed by atoms with E-state index in [-0.39, 0.29) is 12.6 Å². The first-order valence-corrected chi connectivity index (χ1v) is 5.97. The molecule has 19 heavy (non-hydrogen) atoms. The molecule has 0 radical (unpaired) electrons. The summed E-state index contributed by atoms with van der Waals surface area (Å²) in [6, 6.07) is 9.80. The van der Waals surface area contributed by atoms with Crippen LogP contribution in [0.5, 0.6) is 5.75 Å². The van der Waals surface area contributed by atoms with Crippen molar-refractivity contribution >= 4 is 0 Å². The lowest BCUT2D eigenvalue weighted by Gasteiger charge is -2.13. The van der Waals surface area contributed by atoms with Crippen molar-refractivity contribution in [1.29, 1.82) is 5.26 Å². The van der Waals surface area contributed by atoms with Crippen LogP contribution in [0.25, 0.3) is 0 Å². The Labute approximate surface area is 111 Å². The minimum Gasteiger partial charge on any atom is -0.479 e. The Morgan fingerprint density at radius 3 is 2.84 bits per heavy atom. The molecule has 1 aromatic carbocycles. The number of hydrogen-bond acceptors (Lipinski definition) is 5. The van der Waals surface area contributed by atoms with Gasteiger partial charge in [0.1, 0.15) is 24.0 Å². The Morgan fingerprint density at radius 1 is 1.42 bits per heavy atom. The largest absolute Gasteiger partial charge is 0.479 e. The summed E-state index contributed by atoms with van der Waals surface area (Å²) < 4.78 is 5.20. The average molecular weight is 257 g/mol. The molecule has 0 aliphatic heterocycles. The Balaban J connectivity index is 1.88. The van der Waals surface area contributed by atoms with Crippen LogP contribution in [0.15, 0.2) is 30.6 Å². The van der Waals surface area contributed by atoms with Gasteiger partial charge in [-0.15, -0.1) is 0 Å². The van der Waals surface area contributed by atoms with Crippen molar-refractivity contribution in [3.05, 3.63) is 42.0 Å². The molecule has 1 heterocycles. The van der Waals surface area contributed by atoms with Crippen molar-refractivity contribution in [2.75, 3.05) is 6.61 Å². The molecule has 6 heteroatoms. The fourth-order valence-corrected chi connectivity index (χ4v) is 1.65. The lowest BCUT2D eigenvalue weighted by Crippen LogP contribution is -2.18. The van der Waals surface area contributed by atoms with Gasteiger partial charge in [0.25, 0.3) is 0 Å². The van der Waals surface area contributed by atoms with Crippen molar-refractivity contribution in [3.63, 3.8) is 0 Å². The molecule has 0 aliphatic rings. The number of ether oxygens (including phenoxy) is 1. The van der Waals surface area contributed by atoms with Gasteiger partial charge in [-0.1, -0.05) is 12.1 Å². The summed E-state index contributed by atoms with van der Waals surface area (Å²) in [5, 5.41) is 18.4. The SMILES string of the molecule is CC(NCc1ncn[nH]1)c1ccc(OCC#N)cc1. The minimum atomic E-state index is 0.0681. The van der Waals surface area contributed by atoms with Crippen LogP contribution in [0, 0.1) is 11.3 Å². The molecule has 0 aliphatic carbocycles. The maximum atomic E-state index is 8.43. The van der Waals surface area contributed by atoms with Crippen LogP contribution in [0.3, 0.4) is 0 Å². The molecule has 0 spiro atoms. The minimum absolute atomic E-state index is 0.0681. The van der Waals surface area contributed by atoms with Crippen LogP contribution < -0.4 is 10.1 Å². The summed E-state index contributed by atoms with van der Waals surface area (Å²) in [5.74, 6) is 1.51. The molecule has 0 saturated carbocycles. The Bertz CT molecular complexity index is 529. The first-order chi connectivity index (χ1) is 9.29. The van der Waals surface area contributed by atoms with Crippen LogP contribution >= 0.6 is 0 Å². The second-order valence-corrected chi connectivity index (χ2v) is 4.05. The summed E-state index contributed by atoms with van der Waals surface area (Å²) in [6.45, 7) is 2.77. The fourth-order valence-electron chi connectivity index (χ4n) is 1.65. The molecule has 1 atom stereocenters. The molecule has 6 nitrogen and oxygen atoms in total. The van der Waals surface area contributed by atoms with E-state index >= 15 is 0 Å². The zero-order valence-electron chi connectivity index (χ0n) is 10.6. The molecule has 0 amide bonds. The van der Waals surface area contributed by atoms with Crippen LogP contribution in [0.4, 0.5) is 0 Å². The zero-order chi connectivity index (χ0) is 13.5. The molecule has 98 valence electrons. The van der Waals surface area contributed by atoms with Gasteiger partial charge < -0.3 is 10.1 Å². The monoisotopic (exact) mass is 257 g/mol. The van der Waals surface area contributed by atoms with Crippen LogP contribution in [-0.4, -0.2) is 21.8 Å². The second kappa shape index (κ2) is 6.52. The highest BCUT2D eigenvalue weighted by Gasteiger charge is 2.06. The molecule has 2 N–H and O–H groups in total. The van der Waals surface area contributed by atoms with E-state index in [1.807, 2.05) is 30.3 Å². The third kappa shape index (κ3) is 3.79. The van der Waals surface area contributed by atoms with E-state index in [1.165, 1.54) is 6.33 Å². The summed E-state index contributed by atoms with van der Waals surface area (Å²) in [6.07, 6.45) is 1.49. The molecule has 0 fully saturated rings. The lowest BCUT2D eigenvalue weighted by atomic mass is 10.1. The molecule has 0 bridgehead atoms. The topological polar surface area (TPSA) is 86.6 Å². The van der Waals surface area contributed by atoms with Crippen molar-refractivity contribution in [2.24, 2.45) is 0 Å². The maximum absolute atomic E-state index is 8.43. The van der Waals surface area contributed by atoms with Gasteiger partial charge in [0.15, 0.2) is 6.61 Å². The summed E-state index contributed by atoms with van der Waals surface area (Å²) in [5.41, 5.74) is 1.14. The van der Waals surface area contributed by atoms with Crippen molar-refractivity contribution in [1.82, 2.24) is 20.5 Å². The standard InChI is InChI=1S/C13H15N5O/c1-10(15-8-13-16-9-17-18-13)11-2-4-12(5-3-11)19-7-6-14/h2-5,9-10,15H,7-8H2,1H3,(H,16,17,18). The zero-order valence-corrected chi connectivity index (χ0v) is 10.6. The van der Waals surface area contributed by atoms with Crippen molar-refractivity contribution in [3.8, 4) is 11.8 Å². The van der Waals surface area contributed by atoms with Gasteiger partial charge in [-0.2, -0.15) is 10.4 Å². The van der Waals surface area contributed by atoms with Gasteiger partial charge in [-0.05, 0) is 24.6 Å². The fraction of sp³-hybridized carbons (Fsp3) is 0.308. The number of nitrogens with one attached hydrogen (secondary N) is 2. The molecular formula is C13H15N5O. The molecule has 1 aromatic heterocycles. The van der Waals surface area contributed by atoms with E-state index in [0.29, 0.717) is 12.3 Å². The highest BCUT2D eigenvalue weighted by atomic mass is 16.5. The van der Waals surface area contributed by atoms with Crippen molar-refractivity contribution < 1.29 is 4.74 Å². The van der Waals surface area contributed by atoms with Gasteiger partial charge in [0, 0.05) is 6.04 Å². The predicted molar refractivity (Wildman–Crippen MR) is 69.2 cm³/mol. The van der Waals surface area contributed by atoms with Gasteiger partial charge in [0.2, 0.25) is 0 Å². The Kier molecular flexibility index (Phi) is 4.48. The third-order valence-corrected chi connectivity index (χ3v) is 2.72. The van der Waals surface area contributed by atoms with E-state index in [9.17, 15) is 0 Å². The Morgan fingerprint density at radius 2 is 2.21 bits per heavy atom. The van der Waals surface area contributed by atoms with Crippen LogP contribution in [0.1, 0.15) is 24.4 Å². The summed E-state index contributed by atoms with van der Waals surface area (Å²) in [7, 11) is 0. The number of rotatable bonds is 6. The van der Waals surface area contributed by atoms with E-state index in [0.717, 1.165) is 11.4 Å². The molecule has 1 unspecified atom stereocenters. The summed E-state index contributed by atoms with van der Waals surface area (Å²) in [4.78, 5) is 4.05. The molecule has 2 rings (SSSR count). The molecular weight excluding hydrogens is 242 g/mol. The second-order valence-electron chi connectivity index (χ2n) is 4.05. The molecule has 0 saturated heterocycles. The number of H-pyrrole nitrogens is 1. The lowest BCUT2D eigenvalue weighted by molar-refractivity contribution is 0.368. The highest BCUT2D eigenvalue weighted by molar-refractivity contribution is 5.29. The van der Waals surface area contributed by atoms with Gasteiger partial charge in [-0.3, -0.25) is 5.10 Å². The Hall–Kier alpha value is -2.39. The third-order valence-electron chi connectivity index (χ3n) is 2.72. The number of nitrogens with zero attached hydrogens (tertiary/aromatic N) is 3. The number of aromatic nitrogens is 3. The first kappa shape index (κ1) is 13.1. The van der Waals surface area contributed by atoms with Gasteiger partial charge >= 0.3 is 0 Å². The molecule has 2 aromatic rings. The normalized spacial score (nSPS) is 11.8. The van der Waals surface area contributed by atoms with E-state index in [1.54, 1.807) is 0 Å². The maximum Gasteiger partial charge on any atom is 0.174 e. The van der Waals surface area contributed by atoms with Gasteiger partial charge in [-0.25, -0.2) is 4.98 Å².